The maximum atomic E-state index is 12.6. The zero-order valence-electron chi connectivity index (χ0n) is 13.6. The summed E-state index contributed by atoms with van der Waals surface area (Å²) >= 11 is 5.77. The van der Waals surface area contributed by atoms with E-state index in [4.69, 9.17) is 11.6 Å². The van der Waals surface area contributed by atoms with E-state index >= 15 is 0 Å². The molecule has 8 heteroatoms. The average molecular weight is 383 g/mol. The Morgan fingerprint density at radius 3 is 2.36 bits per heavy atom. The number of benzene rings is 1. The smallest absolute Gasteiger partial charge is 0.274 e. The summed E-state index contributed by atoms with van der Waals surface area (Å²) < 4.78 is 26.7. The Hall–Kier alpha value is -1.86. The van der Waals surface area contributed by atoms with Crippen LogP contribution in [0, 0.1) is 5.92 Å². The highest BCUT2D eigenvalue weighted by atomic mass is 35.5. The summed E-state index contributed by atoms with van der Waals surface area (Å²) in [6.45, 7) is 0. The molecule has 6 nitrogen and oxygen atoms in total. The third-order valence-corrected chi connectivity index (χ3v) is 6.49. The normalized spacial score (nSPS) is 16.0. The minimum absolute atomic E-state index is 0.0588. The van der Waals surface area contributed by atoms with Gasteiger partial charge in [-0.3, -0.25) is 4.79 Å². The molecule has 25 heavy (non-hydrogen) atoms. The second kappa shape index (κ2) is 7.17. The van der Waals surface area contributed by atoms with E-state index in [0.29, 0.717) is 9.00 Å². The quantitative estimate of drug-likeness (QED) is 0.813. The first kappa shape index (κ1) is 17.9. The van der Waals surface area contributed by atoms with E-state index in [1.165, 1.54) is 36.9 Å². The van der Waals surface area contributed by atoms with E-state index in [-0.39, 0.29) is 23.1 Å². The number of hydrogen-bond acceptors (Lipinski definition) is 4. The molecule has 1 aliphatic carbocycles. The fraction of sp³-hybridized carbons (Fsp3) is 0.412. The first-order chi connectivity index (χ1) is 11.9. The number of aromatic nitrogens is 2. The van der Waals surface area contributed by atoms with Crippen molar-refractivity contribution in [1.29, 1.82) is 0 Å². The summed E-state index contributed by atoms with van der Waals surface area (Å²) in [6.07, 6.45) is 7.93. The molecule has 1 aromatic carbocycles. The zero-order valence-corrected chi connectivity index (χ0v) is 15.2. The molecule has 1 saturated carbocycles. The van der Waals surface area contributed by atoms with Crippen LogP contribution in [0.15, 0.2) is 46.3 Å². The van der Waals surface area contributed by atoms with Crippen molar-refractivity contribution < 1.29 is 13.2 Å². The van der Waals surface area contributed by atoms with Crippen molar-refractivity contribution in [2.24, 2.45) is 5.92 Å². The predicted molar refractivity (Wildman–Crippen MR) is 94.5 cm³/mol. The molecule has 0 atom stereocenters. The highest BCUT2D eigenvalue weighted by Crippen LogP contribution is 2.26. The molecule has 1 aliphatic rings. The van der Waals surface area contributed by atoms with Crippen LogP contribution in [-0.2, 0) is 10.0 Å². The first-order valence-electron chi connectivity index (χ1n) is 8.24. The minimum Gasteiger partial charge on any atom is -0.274 e. The lowest BCUT2D eigenvalue weighted by Gasteiger charge is -2.20. The first-order valence-corrected chi connectivity index (χ1v) is 10.1. The highest BCUT2D eigenvalue weighted by molar-refractivity contribution is 7.90. The van der Waals surface area contributed by atoms with Crippen LogP contribution in [0.2, 0.25) is 5.02 Å². The number of carbonyl (C=O) groups excluding carboxylic acids is 1. The molecule has 0 bridgehead atoms. The SMILES string of the molecule is O=C(CC1CCCCC1)n1ccn(S(=O)(=O)c2ccc(Cl)cc2)c1=O. The van der Waals surface area contributed by atoms with Gasteiger partial charge in [-0.25, -0.2) is 17.8 Å². The predicted octanol–water partition coefficient (Wildman–Crippen LogP) is 3.15. The van der Waals surface area contributed by atoms with E-state index in [9.17, 15) is 18.0 Å². The minimum atomic E-state index is -4.06. The fourth-order valence-corrected chi connectivity index (χ4v) is 4.53. The van der Waals surface area contributed by atoms with Crippen LogP contribution >= 0.6 is 11.6 Å². The number of carbonyl (C=O) groups is 1. The molecule has 134 valence electrons. The van der Waals surface area contributed by atoms with Gasteiger partial charge in [0.1, 0.15) is 0 Å². The summed E-state index contributed by atoms with van der Waals surface area (Å²) in [5.41, 5.74) is -0.865. The lowest BCUT2D eigenvalue weighted by atomic mass is 9.87. The van der Waals surface area contributed by atoms with Crippen molar-refractivity contribution in [2.75, 3.05) is 0 Å². The van der Waals surface area contributed by atoms with Crippen LogP contribution in [0.1, 0.15) is 43.3 Å². The number of nitrogens with zero attached hydrogens (tertiary/aromatic N) is 2. The van der Waals surface area contributed by atoms with Crippen molar-refractivity contribution in [3.8, 4) is 0 Å². The summed E-state index contributed by atoms with van der Waals surface area (Å²) in [5, 5.41) is 0.395. The summed E-state index contributed by atoms with van der Waals surface area (Å²) in [7, 11) is -4.06. The summed E-state index contributed by atoms with van der Waals surface area (Å²) in [4.78, 5) is 24.8. The molecule has 3 rings (SSSR count). The molecule has 0 radical (unpaired) electrons. The van der Waals surface area contributed by atoms with Crippen LogP contribution in [-0.4, -0.2) is 22.9 Å². The topological polar surface area (TPSA) is 78.1 Å². The van der Waals surface area contributed by atoms with Crippen LogP contribution in [0.5, 0.6) is 0 Å². The van der Waals surface area contributed by atoms with Gasteiger partial charge < -0.3 is 0 Å². The Kier molecular flexibility index (Phi) is 5.15. The zero-order chi connectivity index (χ0) is 18.0. The maximum absolute atomic E-state index is 12.6. The van der Waals surface area contributed by atoms with Crippen molar-refractivity contribution in [3.63, 3.8) is 0 Å². The fourth-order valence-electron chi connectivity index (χ4n) is 3.19. The Bertz CT molecular complexity index is 922. The number of imidazole rings is 1. The Morgan fingerprint density at radius 1 is 1.08 bits per heavy atom. The summed E-state index contributed by atoms with van der Waals surface area (Å²) in [6, 6.07) is 5.52. The average Bonchev–Trinajstić information content (AvgIpc) is 2.98. The second-order valence-corrected chi connectivity index (χ2v) is 8.56. The maximum Gasteiger partial charge on any atom is 0.349 e. The van der Waals surface area contributed by atoms with Crippen molar-refractivity contribution in [1.82, 2.24) is 8.54 Å². The largest absolute Gasteiger partial charge is 0.349 e. The van der Waals surface area contributed by atoms with Gasteiger partial charge in [-0.15, -0.1) is 0 Å². The van der Waals surface area contributed by atoms with E-state index < -0.39 is 15.7 Å². The Labute approximate surface area is 151 Å². The van der Waals surface area contributed by atoms with Gasteiger partial charge in [0, 0.05) is 23.8 Å². The monoisotopic (exact) mass is 382 g/mol. The van der Waals surface area contributed by atoms with Crippen LogP contribution in [0.25, 0.3) is 0 Å². The molecule has 0 saturated heterocycles. The standard InChI is InChI=1S/C17H19ClN2O4S/c18-14-6-8-15(9-7-14)25(23,24)20-11-10-19(17(20)22)16(21)12-13-4-2-1-3-5-13/h6-11,13H,1-5,12H2. The lowest BCUT2D eigenvalue weighted by molar-refractivity contribution is 0.0864. The van der Waals surface area contributed by atoms with Crippen LogP contribution in [0.4, 0.5) is 0 Å². The molecule has 0 amide bonds. The molecular formula is C17H19ClN2O4S. The van der Waals surface area contributed by atoms with Gasteiger partial charge in [0.05, 0.1) is 4.90 Å². The van der Waals surface area contributed by atoms with E-state index in [1.807, 2.05) is 0 Å². The van der Waals surface area contributed by atoms with E-state index in [0.717, 1.165) is 36.4 Å². The van der Waals surface area contributed by atoms with Gasteiger partial charge in [0.2, 0.25) is 5.91 Å². The van der Waals surface area contributed by atoms with Gasteiger partial charge in [-0.1, -0.05) is 30.9 Å². The highest BCUT2D eigenvalue weighted by Gasteiger charge is 2.24. The Morgan fingerprint density at radius 2 is 1.72 bits per heavy atom. The van der Waals surface area contributed by atoms with Gasteiger partial charge in [-0.05, 0) is 43.0 Å². The lowest BCUT2D eigenvalue weighted by Crippen LogP contribution is -2.33. The second-order valence-electron chi connectivity index (χ2n) is 6.31. The van der Waals surface area contributed by atoms with Crippen molar-refractivity contribution in [3.05, 3.63) is 52.2 Å². The number of hydrogen-bond donors (Lipinski definition) is 0. The number of rotatable bonds is 4. The molecule has 0 unspecified atom stereocenters. The van der Waals surface area contributed by atoms with Gasteiger partial charge in [-0.2, -0.15) is 3.97 Å². The van der Waals surface area contributed by atoms with Gasteiger partial charge in [0.15, 0.2) is 0 Å². The van der Waals surface area contributed by atoms with Crippen LogP contribution < -0.4 is 5.69 Å². The molecule has 1 aromatic heterocycles. The third kappa shape index (κ3) is 3.72. The van der Waals surface area contributed by atoms with Crippen molar-refractivity contribution >= 4 is 27.5 Å². The molecule has 1 heterocycles. The molecule has 0 spiro atoms. The molecular weight excluding hydrogens is 364 g/mol. The van der Waals surface area contributed by atoms with Gasteiger partial charge in [0.25, 0.3) is 10.0 Å². The molecule has 0 N–H and O–H groups in total. The third-order valence-electron chi connectivity index (χ3n) is 4.57. The molecule has 1 fully saturated rings. The van der Waals surface area contributed by atoms with E-state index in [2.05, 4.69) is 0 Å². The van der Waals surface area contributed by atoms with Crippen molar-refractivity contribution in [2.45, 2.75) is 43.4 Å². The van der Waals surface area contributed by atoms with Crippen LogP contribution in [0.3, 0.4) is 0 Å². The van der Waals surface area contributed by atoms with E-state index in [1.54, 1.807) is 0 Å². The molecule has 2 aromatic rings. The van der Waals surface area contributed by atoms with Gasteiger partial charge >= 0.3 is 5.69 Å². The summed E-state index contributed by atoms with van der Waals surface area (Å²) in [5.74, 6) is -0.0914. The molecule has 0 aliphatic heterocycles. The Balaban J connectivity index is 1.86. The number of halogens is 1.